The second-order valence-corrected chi connectivity index (χ2v) is 10.7. The standard InChI is InChI=1S/C35H32N4/c1-4-5-21-30(36)33(38)39-32(37)23-14-12-20-29-31(23)22-13-6-7-15-24(22)35(29)27-18-10-8-16-25(27)34(2,3)26-17-9-11-19-28(26)35/h4-21H,36H2,1-3H3,(H3,37,38,39)/b5-4-,30-21-. The van der Waals surface area contributed by atoms with Gasteiger partial charge in [0.2, 0.25) is 0 Å². The van der Waals surface area contributed by atoms with Gasteiger partial charge < -0.3 is 11.5 Å². The van der Waals surface area contributed by atoms with E-state index in [9.17, 15) is 0 Å². The molecule has 4 aromatic carbocycles. The Labute approximate surface area is 229 Å². The second-order valence-electron chi connectivity index (χ2n) is 10.7. The predicted octanol–water partition coefficient (Wildman–Crippen LogP) is 6.79. The lowest BCUT2D eigenvalue weighted by molar-refractivity contribution is 0.563. The van der Waals surface area contributed by atoms with E-state index in [1.54, 1.807) is 12.2 Å². The van der Waals surface area contributed by atoms with Crippen LogP contribution in [0.3, 0.4) is 0 Å². The van der Waals surface area contributed by atoms with Gasteiger partial charge in [0.1, 0.15) is 5.84 Å². The third kappa shape index (κ3) is 3.38. The number of nitrogens with two attached hydrogens (primary N) is 2. The van der Waals surface area contributed by atoms with Crippen molar-refractivity contribution in [3.8, 4) is 11.1 Å². The normalized spacial score (nSPS) is 16.5. The quantitative estimate of drug-likeness (QED) is 0.142. The summed E-state index contributed by atoms with van der Waals surface area (Å²) in [7, 11) is 0. The molecule has 4 heteroatoms. The van der Waals surface area contributed by atoms with Gasteiger partial charge in [-0.3, -0.25) is 5.41 Å². The maximum absolute atomic E-state index is 9.03. The highest BCUT2D eigenvalue weighted by atomic mass is 14.9. The van der Waals surface area contributed by atoms with Crippen LogP contribution in [0.4, 0.5) is 0 Å². The van der Waals surface area contributed by atoms with Crippen molar-refractivity contribution in [1.82, 2.24) is 0 Å². The molecule has 0 fully saturated rings. The Kier molecular flexibility index (Phi) is 5.65. The molecule has 4 nitrogen and oxygen atoms in total. The molecule has 39 heavy (non-hydrogen) atoms. The number of fused-ring (bicyclic) bond motifs is 9. The molecule has 0 aromatic heterocycles. The molecule has 0 saturated heterocycles. The maximum atomic E-state index is 9.03. The molecule has 0 amide bonds. The minimum atomic E-state index is -0.509. The average Bonchev–Trinajstić information content (AvgIpc) is 3.26. The van der Waals surface area contributed by atoms with E-state index in [0.29, 0.717) is 5.70 Å². The highest BCUT2D eigenvalue weighted by Crippen LogP contribution is 2.62. The van der Waals surface area contributed by atoms with Crippen LogP contribution < -0.4 is 11.5 Å². The van der Waals surface area contributed by atoms with E-state index in [-0.39, 0.29) is 17.1 Å². The second kappa shape index (κ2) is 8.95. The van der Waals surface area contributed by atoms with E-state index < -0.39 is 5.41 Å². The molecule has 192 valence electrons. The SMILES string of the molecule is C/C=C\C=C(/N)C(N)=NC(=N)c1cccc2c1-c1ccccc1C21c2ccccc2C(C)(C)c2ccccc21. The van der Waals surface area contributed by atoms with Crippen molar-refractivity contribution < 1.29 is 0 Å². The number of nitrogens with zero attached hydrogens (tertiary/aromatic N) is 1. The highest BCUT2D eigenvalue weighted by molar-refractivity contribution is 6.13. The molecule has 0 atom stereocenters. The zero-order valence-corrected chi connectivity index (χ0v) is 22.5. The van der Waals surface area contributed by atoms with Crippen LogP contribution in [-0.2, 0) is 10.8 Å². The number of hydrogen-bond acceptors (Lipinski definition) is 2. The predicted molar refractivity (Wildman–Crippen MR) is 161 cm³/mol. The van der Waals surface area contributed by atoms with E-state index in [1.807, 2.05) is 25.1 Å². The number of benzene rings is 4. The van der Waals surface area contributed by atoms with Crippen molar-refractivity contribution in [2.24, 2.45) is 16.5 Å². The van der Waals surface area contributed by atoms with E-state index in [2.05, 4.69) is 97.7 Å². The Balaban J connectivity index is 1.68. The molecule has 0 unspecified atom stereocenters. The number of aliphatic imine (C=N–C) groups is 1. The van der Waals surface area contributed by atoms with Crippen LogP contribution in [0, 0.1) is 5.41 Å². The molecule has 4 aromatic rings. The summed E-state index contributed by atoms with van der Waals surface area (Å²) in [6.45, 7) is 6.53. The van der Waals surface area contributed by atoms with Crippen molar-refractivity contribution in [2.45, 2.75) is 31.6 Å². The Morgan fingerprint density at radius 1 is 0.718 bits per heavy atom. The molecule has 6 rings (SSSR count). The van der Waals surface area contributed by atoms with Gasteiger partial charge >= 0.3 is 0 Å². The zero-order valence-electron chi connectivity index (χ0n) is 22.5. The number of allylic oxidation sites excluding steroid dienone is 3. The molecule has 1 spiro atoms. The van der Waals surface area contributed by atoms with Gasteiger partial charge in [-0.1, -0.05) is 117 Å². The minimum absolute atomic E-state index is 0.0886. The van der Waals surface area contributed by atoms with Gasteiger partial charge in [-0.05, 0) is 57.5 Å². The molecule has 5 N–H and O–H groups in total. The molecule has 0 saturated carbocycles. The van der Waals surface area contributed by atoms with Crippen molar-refractivity contribution in [3.63, 3.8) is 0 Å². The van der Waals surface area contributed by atoms with E-state index >= 15 is 0 Å². The monoisotopic (exact) mass is 508 g/mol. The van der Waals surface area contributed by atoms with Crippen LogP contribution in [-0.4, -0.2) is 11.7 Å². The molecule has 2 aliphatic carbocycles. The first-order valence-corrected chi connectivity index (χ1v) is 13.3. The molecule has 0 bridgehead atoms. The summed E-state index contributed by atoms with van der Waals surface area (Å²) in [5, 5.41) is 9.03. The Bertz CT molecular complexity index is 1690. The highest BCUT2D eigenvalue weighted by Gasteiger charge is 2.53. The first-order valence-electron chi connectivity index (χ1n) is 13.3. The lowest BCUT2D eigenvalue weighted by atomic mass is 9.55. The van der Waals surface area contributed by atoms with Crippen molar-refractivity contribution in [1.29, 1.82) is 5.41 Å². The lowest BCUT2D eigenvalue weighted by Gasteiger charge is -2.46. The van der Waals surface area contributed by atoms with Crippen LogP contribution in [0.25, 0.3) is 11.1 Å². The lowest BCUT2D eigenvalue weighted by Crippen LogP contribution is -2.40. The van der Waals surface area contributed by atoms with Crippen LogP contribution >= 0.6 is 0 Å². The molecular weight excluding hydrogens is 476 g/mol. The van der Waals surface area contributed by atoms with Gasteiger partial charge in [0.05, 0.1) is 11.1 Å². The van der Waals surface area contributed by atoms with Crippen molar-refractivity contribution in [2.75, 3.05) is 0 Å². The fraction of sp³-hybridized carbons (Fsp3) is 0.143. The fourth-order valence-corrected chi connectivity index (χ4v) is 6.64. The summed E-state index contributed by atoms with van der Waals surface area (Å²) in [4.78, 5) is 4.45. The van der Waals surface area contributed by atoms with Crippen molar-refractivity contribution >= 4 is 11.7 Å². The molecular formula is C35H32N4. The zero-order chi connectivity index (χ0) is 27.4. The van der Waals surface area contributed by atoms with Crippen LogP contribution in [0.5, 0.6) is 0 Å². The van der Waals surface area contributed by atoms with Gasteiger partial charge in [0, 0.05) is 11.0 Å². The summed E-state index contributed by atoms with van der Waals surface area (Å²) < 4.78 is 0. The third-order valence-corrected chi connectivity index (χ3v) is 8.33. The first kappa shape index (κ1) is 24.6. The molecule has 2 aliphatic rings. The summed E-state index contributed by atoms with van der Waals surface area (Å²) in [6, 6.07) is 32.5. The van der Waals surface area contributed by atoms with Gasteiger partial charge in [-0.2, -0.15) is 0 Å². The number of rotatable bonds is 3. The Hall–Kier alpha value is -4.70. The largest absolute Gasteiger partial charge is 0.396 e. The number of hydrogen-bond donors (Lipinski definition) is 3. The maximum Gasteiger partial charge on any atom is 0.154 e. The Morgan fingerprint density at radius 2 is 1.26 bits per heavy atom. The van der Waals surface area contributed by atoms with Crippen LogP contribution in [0.1, 0.15) is 59.7 Å². The fourth-order valence-electron chi connectivity index (χ4n) is 6.64. The van der Waals surface area contributed by atoms with Gasteiger partial charge in [-0.15, -0.1) is 0 Å². The molecule has 0 aliphatic heterocycles. The summed E-state index contributed by atoms with van der Waals surface area (Å²) in [5.74, 6) is 0.220. The van der Waals surface area contributed by atoms with Gasteiger partial charge in [0.25, 0.3) is 0 Å². The number of amidine groups is 2. The molecule has 0 heterocycles. The van der Waals surface area contributed by atoms with E-state index in [0.717, 1.165) is 22.3 Å². The topological polar surface area (TPSA) is 88.2 Å². The summed E-state index contributed by atoms with van der Waals surface area (Å²) in [5.41, 5.74) is 22.4. The van der Waals surface area contributed by atoms with Crippen LogP contribution in [0.15, 0.2) is 120 Å². The van der Waals surface area contributed by atoms with E-state index in [1.165, 1.54) is 27.8 Å². The summed E-state index contributed by atoms with van der Waals surface area (Å²) >= 11 is 0. The third-order valence-electron chi connectivity index (χ3n) is 8.33. The molecule has 0 radical (unpaired) electrons. The summed E-state index contributed by atoms with van der Waals surface area (Å²) in [6.07, 6.45) is 5.37. The number of nitrogens with one attached hydrogen (secondary N) is 1. The van der Waals surface area contributed by atoms with Crippen molar-refractivity contribution in [3.05, 3.63) is 154 Å². The minimum Gasteiger partial charge on any atom is -0.396 e. The Morgan fingerprint density at radius 3 is 1.87 bits per heavy atom. The average molecular weight is 509 g/mol. The van der Waals surface area contributed by atoms with Gasteiger partial charge in [-0.25, -0.2) is 4.99 Å². The van der Waals surface area contributed by atoms with Gasteiger partial charge in [0.15, 0.2) is 5.84 Å². The first-order chi connectivity index (χ1) is 18.8. The van der Waals surface area contributed by atoms with Crippen LogP contribution in [0.2, 0.25) is 0 Å². The van der Waals surface area contributed by atoms with E-state index in [4.69, 9.17) is 16.9 Å². The smallest absolute Gasteiger partial charge is 0.154 e.